The van der Waals surface area contributed by atoms with Crippen LogP contribution in [0.3, 0.4) is 0 Å². The van der Waals surface area contributed by atoms with Crippen molar-refractivity contribution in [2.24, 2.45) is 28.6 Å². The lowest BCUT2D eigenvalue weighted by molar-refractivity contribution is -0.170. The minimum atomic E-state index is -0.349. The molecule has 5 atom stereocenters. The van der Waals surface area contributed by atoms with Gasteiger partial charge in [0.05, 0.1) is 12.0 Å². The molecule has 25 heavy (non-hydrogen) atoms. The highest BCUT2D eigenvalue weighted by molar-refractivity contribution is 5.77. The number of fused-ring (bicyclic) bond motifs is 1. The number of hydrogen-bond acceptors (Lipinski definition) is 3. The number of ether oxygens (including phenoxy) is 1. The Balaban J connectivity index is 2.22. The smallest absolute Gasteiger partial charge is 0.312 e. The summed E-state index contributed by atoms with van der Waals surface area (Å²) < 4.78 is 5.48. The van der Waals surface area contributed by atoms with Gasteiger partial charge in [-0.15, -0.1) is 0 Å². The van der Waals surface area contributed by atoms with Gasteiger partial charge in [0.25, 0.3) is 0 Å². The van der Waals surface area contributed by atoms with Crippen LogP contribution in [-0.4, -0.2) is 24.3 Å². The fraction of sp³-hybridized carbons (Fsp3) is 0.864. The Hall–Kier alpha value is -0.830. The second-order valence-corrected chi connectivity index (χ2v) is 8.99. The van der Waals surface area contributed by atoms with E-state index in [0.29, 0.717) is 24.4 Å². The van der Waals surface area contributed by atoms with Crippen molar-refractivity contribution in [3.05, 3.63) is 12.2 Å². The first-order chi connectivity index (χ1) is 11.8. The van der Waals surface area contributed by atoms with Gasteiger partial charge in [-0.1, -0.05) is 38.8 Å². The second kappa shape index (κ2) is 8.24. The summed E-state index contributed by atoms with van der Waals surface area (Å²) in [5.41, 5.74) is 1.18. The van der Waals surface area contributed by atoms with Crippen molar-refractivity contribution in [3.63, 3.8) is 0 Å². The van der Waals surface area contributed by atoms with Gasteiger partial charge in [-0.3, -0.25) is 4.79 Å². The van der Waals surface area contributed by atoms with Crippen LogP contribution in [0.1, 0.15) is 79.1 Å². The topological polar surface area (TPSA) is 46.5 Å². The van der Waals surface area contributed by atoms with Crippen molar-refractivity contribution in [1.82, 2.24) is 0 Å². The van der Waals surface area contributed by atoms with E-state index in [0.717, 1.165) is 44.9 Å². The van der Waals surface area contributed by atoms with Crippen molar-refractivity contribution >= 4 is 5.97 Å². The van der Waals surface area contributed by atoms with E-state index in [1.54, 1.807) is 0 Å². The third-order valence-electron chi connectivity index (χ3n) is 7.33. The number of allylic oxidation sites excluding steroid dienone is 1. The highest BCUT2D eigenvalue weighted by atomic mass is 16.5. The van der Waals surface area contributed by atoms with Crippen LogP contribution in [-0.2, 0) is 9.53 Å². The first-order valence-electron chi connectivity index (χ1n) is 10.2. The summed E-state index contributed by atoms with van der Waals surface area (Å²) in [4.78, 5) is 12.8. The largest absolute Gasteiger partial charge is 0.466 e. The molecular weight excluding hydrogens is 312 g/mol. The Morgan fingerprint density at radius 1 is 1.36 bits per heavy atom. The zero-order valence-corrected chi connectivity index (χ0v) is 16.8. The zero-order chi connectivity index (χ0) is 18.7. The molecule has 0 aromatic carbocycles. The minimum absolute atomic E-state index is 0.00540. The molecule has 3 nitrogen and oxygen atoms in total. The van der Waals surface area contributed by atoms with E-state index < -0.39 is 0 Å². The van der Waals surface area contributed by atoms with E-state index in [-0.39, 0.29) is 23.4 Å². The third-order valence-corrected chi connectivity index (χ3v) is 7.33. The normalized spacial score (nSPS) is 36.6. The average molecular weight is 351 g/mol. The van der Waals surface area contributed by atoms with Crippen molar-refractivity contribution in [3.8, 4) is 0 Å². The first kappa shape index (κ1) is 20.5. The highest BCUT2D eigenvalue weighted by Crippen LogP contribution is 2.62. The molecule has 0 aliphatic heterocycles. The van der Waals surface area contributed by atoms with Gasteiger partial charge in [0, 0.05) is 6.61 Å². The summed E-state index contributed by atoms with van der Waals surface area (Å²) in [6.45, 7) is 13.8. The van der Waals surface area contributed by atoms with E-state index in [9.17, 15) is 9.90 Å². The van der Waals surface area contributed by atoms with Gasteiger partial charge >= 0.3 is 5.97 Å². The van der Waals surface area contributed by atoms with Crippen LogP contribution in [0.15, 0.2) is 12.2 Å². The van der Waals surface area contributed by atoms with Gasteiger partial charge in [0.15, 0.2) is 0 Å². The highest BCUT2D eigenvalue weighted by Gasteiger charge is 2.57. The van der Waals surface area contributed by atoms with Crippen LogP contribution in [0.25, 0.3) is 0 Å². The lowest BCUT2D eigenvalue weighted by atomic mass is 9.46. The minimum Gasteiger partial charge on any atom is -0.466 e. The SMILES string of the molecule is C=C1CC[C@@H]2[C@](C)(CCC[C@]2(C)C(=O)OCC)[C@H]1CC[C@H](C)CCO. The Kier molecular flexibility index (Phi) is 6.75. The molecule has 0 unspecified atom stereocenters. The van der Waals surface area contributed by atoms with E-state index in [4.69, 9.17) is 4.74 Å². The standard InChI is InChI=1S/C22H38O3/c1-6-25-20(24)22(5)14-7-13-21(4)18(10-8-16(2)12-15-23)17(3)9-11-19(21)22/h16,18-19,23H,3,6-15H2,1-2,4-5H3/t16-,18-,19+,21+,22-/m0/s1. The van der Waals surface area contributed by atoms with E-state index in [2.05, 4.69) is 27.4 Å². The Labute approximate surface area is 154 Å². The summed E-state index contributed by atoms with van der Waals surface area (Å²) in [5, 5.41) is 9.17. The zero-order valence-electron chi connectivity index (χ0n) is 16.8. The predicted molar refractivity (Wildman–Crippen MR) is 102 cm³/mol. The fourth-order valence-electron chi connectivity index (χ4n) is 5.84. The van der Waals surface area contributed by atoms with Crippen LogP contribution < -0.4 is 0 Å². The van der Waals surface area contributed by atoms with Gasteiger partial charge in [-0.25, -0.2) is 0 Å². The lowest BCUT2D eigenvalue weighted by Gasteiger charge is -2.57. The number of rotatable bonds is 7. The van der Waals surface area contributed by atoms with Crippen LogP contribution in [0, 0.1) is 28.6 Å². The number of hydrogen-bond donors (Lipinski definition) is 1. The maximum absolute atomic E-state index is 12.8. The van der Waals surface area contributed by atoms with Crippen molar-refractivity contribution in [2.75, 3.05) is 13.2 Å². The fourth-order valence-corrected chi connectivity index (χ4v) is 5.84. The maximum Gasteiger partial charge on any atom is 0.312 e. The number of aliphatic hydroxyl groups excluding tert-OH is 1. The summed E-state index contributed by atoms with van der Waals surface area (Å²) in [6, 6.07) is 0. The van der Waals surface area contributed by atoms with Gasteiger partial charge in [-0.2, -0.15) is 0 Å². The number of carbonyl (C=O) groups is 1. The van der Waals surface area contributed by atoms with Crippen molar-refractivity contribution < 1.29 is 14.6 Å². The number of aliphatic hydroxyl groups is 1. The summed E-state index contributed by atoms with van der Waals surface area (Å²) in [7, 11) is 0. The Morgan fingerprint density at radius 3 is 2.72 bits per heavy atom. The average Bonchev–Trinajstić information content (AvgIpc) is 2.54. The summed E-state index contributed by atoms with van der Waals surface area (Å²) >= 11 is 0. The molecule has 0 aromatic rings. The van der Waals surface area contributed by atoms with Crippen LogP contribution in [0.4, 0.5) is 0 Å². The molecule has 2 fully saturated rings. The van der Waals surface area contributed by atoms with E-state index in [1.165, 1.54) is 12.0 Å². The molecule has 0 heterocycles. The molecule has 144 valence electrons. The summed E-state index contributed by atoms with van der Waals surface area (Å²) in [5.74, 6) is 1.42. The third kappa shape index (κ3) is 3.97. The quantitative estimate of drug-likeness (QED) is 0.511. The van der Waals surface area contributed by atoms with Gasteiger partial charge < -0.3 is 9.84 Å². The molecule has 0 spiro atoms. The van der Waals surface area contributed by atoms with Crippen LogP contribution in [0.2, 0.25) is 0 Å². The molecule has 1 N–H and O–H groups in total. The first-order valence-corrected chi connectivity index (χ1v) is 10.2. The molecule has 2 rings (SSSR count). The Bertz CT molecular complexity index is 486. The predicted octanol–water partition coefficient (Wildman–Crippen LogP) is 5.13. The van der Waals surface area contributed by atoms with E-state index >= 15 is 0 Å². The number of carbonyl (C=O) groups excluding carboxylic acids is 1. The van der Waals surface area contributed by atoms with Gasteiger partial charge in [0.1, 0.15) is 0 Å². The monoisotopic (exact) mass is 350 g/mol. The molecule has 0 bridgehead atoms. The van der Waals surface area contributed by atoms with Gasteiger partial charge in [0.2, 0.25) is 0 Å². The maximum atomic E-state index is 12.8. The number of esters is 1. The molecule has 2 saturated carbocycles. The molecular formula is C22H38O3. The molecule has 0 radical (unpaired) electrons. The molecule has 3 heteroatoms. The molecule has 2 aliphatic carbocycles. The van der Waals surface area contributed by atoms with Gasteiger partial charge in [-0.05, 0) is 75.5 Å². The Morgan fingerprint density at radius 2 is 2.08 bits per heavy atom. The molecule has 0 aromatic heterocycles. The van der Waals surface area contributed by atoms with Crippen LogP contribution in [0.5, 0.6) is 0 Å². The lowest BCUT2D eigenvalue weighted by Crippen LogP contribution is -2.53. The van der Waals surface area contributed by atoms with Crippen LogP contribution >= 0.6 is 0 Å². The molecule has 2 aliphatic rings. The van der Waals surface area contributed by atoms with E-state index in [1.807, 2.05) is 6.92 Å². The van der Waals surface area contributed by atoms with Crippen molar-refractivity contribution in [1.29, 1.82) is 0 Å². The van der Waals surface area contributed by atoms with Crippen molar-refractivity contribution in [2.45, 2.75) is 79.1 Å². The molecule has 0 amide bonds. The second-order valence-electron chi connectivity index (χ2n) is 8.99. The summed E-state index contributed by atoms with van der Waals surface area (Å²) in [6.07, 6.45) is 8.46. The molecule has 0 saturated heterocycles.